The number of hydrogen-bond donors (Lipinski definition) is 1. The zero-order valence-electron chi connectivity index (χ0n) is 13.3. The van der Waals surface area contributed by atoms with E-state index in [0.717, 1.165) is 0 Å². The molecule has 0 unspecified atom stereocenters. The third kappa shape index (κ3) is 5.66. The molecule has 0 atom stereocenters. The zero-order chi connectivity index (χ0) is 16.3. The van der Waals surface area contributed by atoms with E-state index < -0.39 is 23.3 Å². The number of aliphatic hydroxyl groups is 1. The van der Waals surface area contributed by atoms with E-state index in [0.29, 0.717) is 20.3 Å². The SMILES string of the molecule is CC(C)(O)C(C)(C)OB/C=C/[C@H]1CC[C@H](C(F)(F)F)CC1. The van der Waals surface area contributed by atoms with Gasteiger partial charge in [0.2, 0.25) is 0 Å². The first-order chi connectivity index (χ1) is 9.43. The summed E-state index contributed by atoms with van der Waals surface area (Å²) in [6.45, 7) is 7.01. The van der Waals surface area contributed by atoms with E-state index in [1.807, 2.05) is 25.9 Å². The molecule has 1 rings (SSSR count). The molecule has 2 nitrogen and oxygen atoms in total. The van der Waals surface area contributed by atoms with Crippen LogP contribution in [0, 0.1) is 11.8 Å². The minimum Gasteiger partial charge on any atom is -0.427 e. The highest BCUT2D eigenvalue weighted by Crippen LogP contribution is 2.39. The second kappa shape index (κ2) is 6.74. The maximum Gasteiger partial charge on any atom is 0.391 e. The van der Waals surface area contributed by atoms with Crippen molar-refractivity contribution in [2.75, 3.05) is 0 Å². The second-order valence-electron chi connectivity index (χ2n) is 6.96. The summed E-state index contributed by atoms with van der Waals surface area (Å²) in [4.78, 5) is 0. The molecule has 1 saturated carbocycles. The third-order valence-electron chi connectivity index (χ3n) is 4.66. The first kappa shape index (κ1) is 18.6. The Balaban J connectivity index is 2.34. The summed E-state index contributed by atoms with van der Waals surface area (Å²) in [5, 5.41) is 9.94. The normalized spacial score (nSPS) is 25.3. The molecule has 21 heavy (non-hydrogen) atoms. The fourth-order valence-electron chi connectivity index (χ4n) is 2.32. The summed E-state index contributed by atoms with van der Waals surface area (Å²) in [6.07, 6.45) is -0.504. The Morgan fingerprint density at radius 3 is 2.00 bits per heavy atom. The van der Waals surface area contributed by atoms with Crippen molar-refractivity contribution in [3.8, 4) is 0 Å². The van der Waals surface area contributed by atoms with Gasteiger partial charge in [-0.1, -0.05) is 12.1 Å². The molecule has 0 heterocycles. The summed E-state index contributed by atoms with van der Waals surface area (Å²) in [7, 11) is 0.357. The van der Waals surface area contributed by atoms with E-state index in [1.54, 1.807) is 13.8 Å². The highest BCUT2D eigenvalue weighted by molar-refractivity contribution is 6.34. The van der Waals surface area contributed by atoms with Crippen LogP contribution in [0.5, 0.6) is 0 Å². The zero-order valence-corrected chi connectivity index (χ0v) is 13.3. The molecule has 6 heteroatoms. The van der Waals surface area contributed by atoms with Crippen molar-refractivity contribution < 1.29 is 22.9 Å². The largest absolute Gasteiger partial charge is 0.427 e. The van der Waals surface area contributed by atoms with Crippen molar-refractivity contribution in [3.63, 3.8) is 0 Å². The van der Waals surface area contributed by atoms with Crippen LogP contribution < -0.4 is 0 Å². The fraction of sp³-hybridized carbons (Fsp3) is 0.867. The molecule has 1 fully saturated rings. The lowest BCUT2D eigenvalue weighted by molar-refractivity contribution is -0.183. The van der Waals surface area contributed by atoms with Gasteiger partial charge < -0.3 is 9.76 Å². The smallest absolute Gasteiger partial charge is 0.391 e. The molecule has 0 aromatic heterocycles. The maximum atomic E-state index is 12.6. The minimum absolute atomic E-state index is 0.206. The van der Waals surface area contributed by atoms with Crippen LogP contribution in [0.4, 0.5) is 13.2 Å². The van der Waals surface area contributed by atoms with Gasteiger partial charge in [-0.05, 0) is 59.3 Å². The Labute approximate surface area is 126 Å². The number of hydrogen-bond acceptors (Lipinski definition) is 2. The molecule has 0 radical (unpaired) electrons. The third-order valence-corrected chi connectivity index (χ3v) is 4.66. The highest BCUT2D eigenvalue weighted by atomic mass is 19.4. The Bertz CT molecular complexity index is 351. The van der Waals surface area contributed by atoms with Crippen LogP contribution in [0.1, 0.15) is 53.4 Å². The average molecular weight is 306 g/mol. The lowest BCUT2D eigenvalue weighted by Crippen LogP contribution is -2.47. The number of alkyl halides is 3. The van der Waals surface area contributed by atoms with Gasteiger partial charge in [0.1, 0.15) is 0 Å². The number of rotatable bonds is 5. The monoisotopic (exact) mass is 306 g/mol. The van der Waals surface area contributed by atoms with Gasteiger partial charge in [-0.2, -0.15) is 13.2 Å². The van der Waals surface area contributed by atoms with Gasteiger partial charge in [0.05, 0.1) is 17.1 Å². The molecule has 1 aliphatic carbocycles. The molecular weight excluding hydrogens is 280 g/mol. The van der Waals surface area contributed by atoms with Gasteiger partial charge in [0.25, 0.3) is 0 Å². The molecule has 0 aromatic carbocycles. The average Bonchev–Trinajstić information content (AvgIpc) is 2.33. The summed E-state index contributed by atoms with van der Waals surface area (Å²) >= 11 is 0. The second-order valence-corrected chi connectivity index (χ2v) is 6.96. The van der Waals surface area contributed by atoms with Crippen molar-refractivity contribution in [3.05, 3.63) is 12.1 Å². The van der Waals surface area contributed by atoms with Gasteiger partial charge in [0.15, 0.2) is 0 Å². The Hall–Kier alpha value is -0.485. The lowest BCUT2D eigenvalue weighted by atomic mass is 9.80. The molecular formula is C15H26BF3O2. The Morgan fingerprint density at radius 2 is 1.57 bits per heavy atom. The molecule has 1 aliphatic rings. The molecule has 1 N–H and O–H groups in total. The first-order valence-electron chi connectivity index (χ1n) is 7.53. The van der Waals surface area contributed by atoms with Crippen LogP contribution in [0.15, 0.2) is 12.1 Å². The molecule has 0 amide bonds. The van der Waals surface area contributed by atoms with E-state index in [-0.39, 0.29) is 18.8 Å². The van der Waals surface area contributed by atoms with Gasteiger partial charge >= 0.3 is 13.7 Å². The number of halogens is 3. The lowest BCUT2D eigenvalue weighted by Gasteiger charge is -2.37. The molecule has 0 aliphatic heterocycles. The minimum atomic E-state index is -4.05. The van der Waals surface area contributed by atoms with Gasteiger partial charge in [0, 0.05) is 0 Å². The fourth-order valence-corrected chi connectivity index (χ4v) is 2.32. The van der Waals surface area contributed by atoms with Crippen LogP contribution >= 0.6 is 0 Å². The summed E-state index contributed by atoms with van der Waals surface area (Å²) < 4.78 is 43.3. The summed E-state index contributed by atoms with van der Waals surface area (Å²) in [5.74, 6) is 0.927. The van der Waals surface area contributed by atoms with Gasteiger partial charge in [-0.25, -0.2) is 0 Å². The van der Waals surface area contributed by atoms with Crippen LogP contribution in [0.25, 0.3) is 0 Å². The van der Waals surface area contributed by atoms with E-state index >= 15 is 0 Å². The van der Waals surface area contributed by atoms with E-state index in [9.17, 15) is 18.3 Å². The van der Waals surface area contributed by atoms with E-state index in [4.69, 9.17) is 4.65 Å². The van der Waals surface area contributed by atoms with Crippen molar-refractivity contribution in [1.82, 2.24) is 0 Å². The number of allylic oxidation sites excluding steroid dienone is 1. The van der Waals surface area contributed by atoms with Crippen LogP contribution in [-0.2, 0) is 4.65 Å². The molecule has 0 saturated heterocycles. The molecule has 0 aromatic rings. The molecule has 0 spiro atoms. The molecule has 122 valence electrons. The highest BCUT2D eigenvalue weighted by Gasteiger charge is 2.41. The van der Waals surface area contributed by atoms with Crippen LogP contribution in [0.3, 0.4) is 0 Å². The van der Waals surface area contributed by atoms with Crippen LogP contribution in [0.2, 0.25) is 0 Å². The van der Waals surface area contributed by atoms with Crippen molar-refractivity contribution >= 4 is 7.48 Å². The van der Waals surface area contributed by atoms with E-state index in [1.165, 1.54) is 0 Å². The van der Waals surface area contributed by atoms with Crippen molar-refractivity contribution in [1.29, 1.82) is 0 Å². The Kier molecular flexibility index (Phi) is 5.95. The van der Waals surface area contributed by atoms with Crippen molar-refractivity contribution in [2.45, 2.75) is 70.8 Å². The van der Waals surface area contributed by atoms with Gasteiger partial charge in [-0.3, -0.25) is 0 Å². The first-order valence-corrected chi connectivity index (χ1v) is 7.53. The quantitative estimate of drug-likeness (QED) is 0.783. The topological polar surface area (TPSA) is 29.5 Å². The summed E-state index contributed by atoms with van der Waals surface area (Å²) in [6, 6.07) is 0. The Morgan fingerprint density at radius 1 is 1.05 bits per heavy atom. The molecule has 0 bridgehead atoms. The van der Waals surface area contributed by atoms with Crippen molar-refractivity contribution in [2.24, 2.45) is 11.8 Å². The predicted octanol–water partition coefficient (Wildman–Crippen LogP) is 3.79. The van der Waals surface area contributed by atoms with Gasteiger partial charge in [-0.15, -0.1) is 0 Å². The predicted molar refractivity (Wildman–Crippen MR) is 79.3 cm³/mol. The standard InChI is InChI=1S/C15H26BF3O2/c1-13(2,20)14(3,4)21-16-10-9-11-5-7-12(8-6-11)15(17,18)19/h9-12,16,20H,5-8H2,1-4H3/b10-9+/t11-,12-. The van der Waals surface area contributed by atoms with Crippen LogP contribution in [-0.4, -0.2) is 30.0 Å². The summed E-state index contributed by atoms with van der Waals surface area (Å²) in [5.41, 5.74) is -1.63. The van der Waals surface area contributed by atoms with E-state index in [2.05, 4.69) is 0 Å². The maximum absolute atomic E-state index is 12.6.